The molecule has 6 saturated carbocycles. The van der Waals surface area contributed by atoms with Gasteiger partial charge in [0.15, 0.2) is 5.79 Å². The van der Waals surface area contributed by atoms with Crippen LogP contribution in [0.25, 0.3) is 0 Å². The van der Waals surface area contributed by atoms with Gasteiger partial charge in [0.1, 0.15) is 0 Å². The molecular weight excluding hydrogens is 288 g/mol. The summed E-state index contributed by atoms with van der Waals surface area (Å²) in [6.45, 7) is 1.32. The molecule has 0 aromatic heterocycles. The molecule has 0 unspecified atom stereocenters. The number of ether oxygens (including phenoxy) is 2. The zero-order valence-corrected chi connectivity index (χ0v) is 10.5. The molecule has 1 N–H and O–H groups in total. The molecule has 90 valence electrons. The number of carboxylic acids is 1. The summed E-state index contributed by atoms with van der Waals surface area (Å²) in [5.41, 5.74) is -0.399. The fourth-order valence-corrected chi connectivity index (χ4v) is 8.56. The highest BCUT2D eigenvalue weighted by Gasteiger charge is 3.10. The van der Waals surface area contributed by atoms with Crippen molar-refractivity contribution in [1.82, 2.24) is 0 Å². The Morgan fingerprint density at radius 3 is 2.29 bits per heavy atom. The van der Waals surface area contributed by atoms with Crippen molar-refractivity contribution in [3.05, 3.63) is 0 Å². The van der Waals surface area contributed by atoms with E-state index in [4.69, 9.17) is 9.47 Å². The summed E-state index contributed by atoms with van der Waals surface area (Å²) in [7, 11) is 0. The molecule has 2 bridgehead atoms. The Balaban J connectivity index is 1.63. The number of halogens is 1. The van der Waals surface area contributed by atoms with Crippen LogP contribution in [-0.4, -0.2) is 34.4 Å². The molecule has 1 spiro atoms. The van der Waals surface area contributed by atoms with Gasteiger partial charge < -0.3 is 14.6 Å². The van der Waals surface area contributed by atoms with Gasteiger partial charge in [-0.25, -0.2) is 0 Å². The van der Waals surface area contributed by atoms with E-state index < -0.39 is 17.2 Å². The second-order valence-corrected chi connectivity index (χ2v) is 7.84. The summed E-state index contributed by atoms with van der Waals surface area (Å²) in [5.74, 6) is 1.35. The third kappa shape index (κ3) is 0.479. The average molecular weight is 299 g/mol. The Bertz CT molecular complexity index is 515. The maximum absolute atomic E-state index is 11.6. The first-order valence-electron chi connectivity index (χ1n) is 6.33. The SMILES string of the molecule is O=C(O)[C@]12[C@@H]3[C@@H]4[C@H]5[C@@H]1[C@@H]2[C@@](Br)([C@H]43)C51OCCO1. The van der Waals surface area contributed by atoms with Crippen LogP contribution in [0.5, 0.6) is 0 Å². The average Bonchev–Trinajstić information content (AvgIpc) is 2.97. The standard InChI is InChI=1S/C12H11BrO4/c13-11-5-3-4(5)10(9(14)15)7(8(10)11)6(3)12(11)16-1-2-17-12/h3-8H,1-2H2,(H,14,15)/t3-,4+,5+,6-,7+,8-,10+,11-/m0/s1. The third-order valence-electron chi connectivity index (χ3n) is 6.74. The largest absolute Gasteiger partial charge is 0.481 e. The number of hydrogen-bond donors (Lipinski definition) is 1. The van der Waals surface area contributed by atoms with Gasteiger partial charge in [-0.15, -0.1) is 0 Å². The molecule has 1 saturated heterocycles. The second kappa shape index (κ2) is 1.91. The van der Waals surface area contributed by atoms with Crippen LogP contribution < -0.4 is 0 Å². The Kier molecular flexibility index (Phi) is 0.998. The van der Waals surface area contributed by atoms with E-state index in [1.54, 1.807) is 0 Å². The molecule has 1 aliphatic heterocycles. The number of hydrogen-bond acceptors (Lipinski definition) is 3. The van der Waals surface area contributed by atoms with E-state index in [1.807, 2.05) is 0 Å². The molecule has 6 aliphatic carbocycles. The van der Waals surface area contributed by atoms with Crippen molar-refractivity contribution in [2.45, 2.75) is 10.1 Å². The fourth-order valence-electron chi connectivity index (χ4n) is 6.82. The lowest BCUT2D eigenvalue weighted by Gasteiger charge is -2.37. The number of alkyl halides is 1. The van der Waals surface area contributed by atoms with Crippen LogP contribution in [0.15, 0.2) is 0 Å². The Labute approximate surface area is 106 Å². The lowest BCUT2D eigenvalue weighted by molar-refractivity contribution is -0.193. The number of aliphatic carboxylic acids is 1. The van der Waals surface area contributed by atoms with Crippen molar-refractivity contribution in [2.24, 2.45) is 40.9 Å². The van der Waals surface area contributed by atoms with Gasteiger partial charge in [0.2, 0.25) is 0 Å². The maximum Gasteiger partial charge on any atom is 0.310 e. The Morgan fingerprint density at radius 1 is 1.18 bits per heavy atom. The van der Waals surface area contributed by atoms with Crippen LogP contribution in [0, 0.1) is 40.9 Å². The molecule has 7 aliphatic rings. The molecule has 0 aromatic carbocycles. The molecule has 1 heterocycles. The minimum absolute atomic E-state index is 0.181. The number of carboxylic acid groups (broad SMARTS) is 1. The third-order valence-corrected chi connectivity index (χ3v) is 8.32. The van der Waals surface area contributed by atoms with Gasteiger partial charge in [-0.1, -0.05) is 15.9 Å². The van der Waals surface area contributed by atoms with Crippen LogP contribution in [-0.2, 0) is 14.3 Å². The topological polar surface area (TPSA) is 55.8 Å². The molecule has 0 amide bonds. The van der Waals surface area contributed by atoms with Crippen LogP contribution >= 0.6 is 15.9 Å². The van der Waals surface area contributed by atoms with Crippen molar-refractivity contribution >= 4 is 21.9 Å². The molecule has 0 radical (unpaired) electrons. The van der Waals surface area contributed by atoms with E-state index in [1.165, 1.54) is 0 Å². The smallest absolute Gasteiger partial charge is 0.310 e. The van der Waals surface area contributed by atoms with Crippen LogP contribution in [0.4, 0.5) is 0 Å². The minimum Gasteiger partial charge on any atom is -0.481 e. The van der Waals surface area contributed by atoms with Crippen molar-refractivity contribution in [3.63, 3.8) is 0 Å². The van der Waals surface area contributed by atoms with E-state index in [-0.39, 0.29) is 10.2 Å². The highest BCUT2D eigenvalue weighted by atomic mass is 79.9. The molecular formula is C12H11BrO4. The normalized spacial score (nSPS) is 73.5. The van der Waals surface area contributed by atoms with E-state index in [2.05, 4.69) is 15.9 Å². The number of carbonyl (C=O) groups is 1. The van der Waals surface area contributed by atoms with E-state index in [0.29, 0.717) is 42.8 Å². The van der Waals surface area contributed by atoms with E-state index in [0.717, 1.165) is 0 Å². The molecule has 7 fully saturated rings. The summed E-state index contributed by atoms with van der Waals surface area (Å²) >= 11 is 3.90. The van der Waals surface area contributed by atoms with Gasteiger partial charge in [0.25, 0.3) is 0 Å². The minimum atomic E-state index is -0.568. The van der Waals surface area contributed by atoms with Crippen molar-refractivity contribution in [3.8, 4) is 0 Å². The van der Waals surface area contributed by atoms with Gasteiger partial charge in [-0.3, -0.25) is 4.79 Å². The van der Waals surface area contributed by atoms with Crippen molar-refractivity contribution in [1.29, 1.82) is 0 Å². The first-order valence-corrected chi connectivity index (χ1v) is 7.13. The highest BCUT2D eigenvalue weighted by Crippen LogP contribution is 3.04. The van der Waals surface area contributed by atoms with Gasteiger partial charge in [-0.2, -0.15) is 0 Å². The lowest BCUT2D eigenvalue weighted by Crippen LogP contribution is -2.50. The summed E-state index contributed by atoms with van der Waals surface area (Å²) in [6.07, 6.45) is 0. The molecule has 7 rings (SSSR count). The lowest BCUT2D eigenvalue weighted by atomic mass is 9.94. The van der Waals surface area contributed by atoms with Gasteiger partial charge >= 0.3 is 5.97 Å². The van der Waals surface area contributed by atoms with Crippen LogP contribution in [0.2, 0.25) is 0 Å². The summed E-state index contributed by atoms with van der Waals surface area (Å²) < 4.78 is 11.8. The monoisotopic (exact) mass is 298 g/mol. The molecule has 8 atom stereocenters. The maximum atomic E-state index is 11.6. The van der Waals surface area contributed by atoms with Crippen LogP contribution in [0.3, 0.4) is 0 Å². The fraction of sp³-hybridized carbons (Fsp3) is 0.917. The Morgan fingerprint density at radius 2 is 1.88 bits per heavy atom. The quantitative estimate of drug-likeness (QED) is 0.724. The summed E-state index contributed by atoms with van der Waals surface area (Å²) in [4.78, 5) is 11.6. The van der Waals surface area contributed by atoms with Gasteiger partial charge in [0.05, 0.1) is 23.0 Å². The first kappa shape index (κ1) is 8.88. The molecule has 0 aromatic rings. The summed E-state index contributed by atoms with van der Waals surface area (Å²) in [6, 6.07) is 0. The molecule has 5 heteroatoms. The second-order valence-electron chi connectivity index (χ2n) is 6.53. The Hall–Kier alpha value is -0.130. The van der Waals surface area contributed by atoms with Crippen molar-refractivity contribution < 1.29 is 19.4 Å². The zero-order valence-electron chi connectivity index (χ0n) is 8.93. The van der Waals surface area contributed by atoms with Crippen molar-refractivity contribution in [2.75, 3.05) is 13.2 Å². The van der Waals surface area contributed by atoms with Gasteiger partial charge in [0, 0.05) is 11.8 Å². The highest BCUT2D eigenvalue weighted by molar-refractivity contribution is 9.10. The van der Waals surface area contributed by atoms with Gasteiger partial charge in [-0.05, 0) is 23.7 Å². The zero-order chi connectivity index (χ0) is 11.4. The molecule has 4 nitrogen and oxygen atoms in total. The predicted octanol–water partition coefficient (Wildman–Crippen LogP) is 0.699. The number of rotatable bonds is 1. The van der Waals surface area contributed by atoms with Crippen LogP contribution in [0.1, 0.15) is 0 Å². The van der Waals surface area contributed by atoms with E-state index >= 15 is 0 Å². The predicted molar refractivity (Wildman–Crippen MR) is 57.3 cm³/mol. The molecule has 17 heavy (non-hydrogen) atoms. The van der Waals surface area contributed by atoms with E-state index in [9.17, 15) is 9.90 Å². The first-order chi connectivity index (χ1) is 8.13. The summed E-state index contributed by atoms with van der Waals surface area (Å²) in [5, 5.41) is 9.59.